The Morgan fingerprint density at radius 1 is 1.48 bits per heavy atom. The number of nitrogens with one attached hydrogen (secondary N) is 1. The molecule has 1 amide bonds. The zero-order chi connectivity index (χ0) is 17.4. The van der Waals surface area contributed by atoms with Crippen molar-refractivity contribution < 1.29 is 19.5 Å². The Hall–Kier alpha value is -2.57. The van der Waals surface area contributed by atoms with Crippen LogP contribution in [0.3, 0.4) is 0 Å². The molecule has 7 nitrogen and oxygen atoms in total. The molecule has 1 aliphatic rings. The molecule has 1 aromatic heterocycles. The van der Waals surface area contributed by atoms with E-state index in [-0.39, 0.29) is 34.5 Å². The Morgan fingerprint density at radius 2 is 2.13 bits per heavy atom. The van der Waals surface area contributed by atoms with Gasteiger partial charge in [-0.15, -0.1) is 0 Å². The van der Waals surface area contributed by atoms with E-state index in [4.69, 9.17) is 0 Å². The first-order valence-electron chi connectivity index (χ1n) is 7.38. The van der Waals surface area contributed by atoms with Gasteiger partial charge in [0.05, 0.1) is 11.3 Å². The van der Waals surface area contributed by atoms with Crippen LogP contribution in [0.25, 0.3) is 0 Å². The number of hydrogen-bond donors (Lipinski definition) is 2. The molecule has 0 saturated carbocycles. The molecule has 0 radical (unpaired) electrons. The number of carboxylic acids is 1. The SMILES string of the molecule is CCc1nc(C2=NC(C)(C(C)C)C(=O)N2)c(C(=O)O)cc1C=O. The van der Waals surface area contributed by atoms with E-state index in [0.717, 1.165) is 0 Å². The van der Waals surface area contributed by atoms with E-state index in [2.05, 4.69) is 15.3 Å². The molecule has 1 atom stereocenters. The van der Waals surface area contributed by atoms with E-state index in [9.17, 15) is 19.5 Å². The van der Waals surface area contributed by atoms with Crippen molar-refractivity contribution in [3.05, 3.63) is 28.6 Å². The molecule has 1 unspecified atom stereocenters. The molecule has 0 spiro atoms. The van der Waals surface area contributed by atoms with Crippen molar-refractivity contribution in [1.82, 2.24) is 10.3 Å². The van der Waals surface area contributed by atoms with Gasteiger partial charge in [-0.25, -0.2) is 14.8 Å². The van der Waals surface area contributed by atoms with Crippen LogP contribution < -0.4 is 5.32 Å². The summed E-state index contributed by atoms with van der Waals surface area (Å²) < 4.78 is 0. The number of aldehydes is 1. The predicted molar refractivity (Wildman–Crippen MR) is 83.9 cm³/mol. The first kappa shape index (κ1) is 16.8. The number of amides is 1. The maximum absolute atomic E-state index is 12.2. The van der Waals surface area contributed by atoms with E-state index in [1.54, 1.807) is 6.92 Å². The van der Waals surface area contributed by atoms with Crippen molar-refractivity contribution in [2.45, 2.75) is 39.7 Å². The van der Waals surface area contributed by atoms with Crippen LogP contribution in [0.5, 0.6) is 0 Å². The van der Waals surface area contributed by atoms with Crippen molar-refractivity contribution >= 4 is 24.0 Å². The third-order valence-electron chi connectivity index (χ3n) is 4.21. The summed E-state index contributed by atoms with van der Waals surface area (Å²) in [6.07, 6.45) is 1.04. The van der Waals surface area contributed by atoms with Gasteiger partial charge in [-0.05, 0) is 25.3 Å². The third-order valence-corrected chi connectivity index (χ3v) is 4.21. The van der Waals surface area contributed by atoms with Crippen LogP contribution in [0.15, 0.2) is 11.1 Å². The normalized spacial score (nSPS) is 20.4. The summed E-state index contributed by atoms with van der Waals surface area (Å²) in [6, 6.07) is 1.27. The Kier molecular flexibility index (Phi) is 4.31. The van der Waals surface area contributed by atoms with Crippen LogP contribution in [0.4, 0.5) is 0 Å². The number of nitrogens with zero attached hydrogens (tertiary/aromatic N) is 2. The molecule has 0 bridgehead atoms. The van der Waals surface area contributed by atoms with Gasteiger partial charge in [0.2, 0.25) is 0 Å². The molecule has 2 heterocycles. The zero-order valence-corrected chi connectivity index (χ0v) is 13.5. The van der Waals surface area contributed by atoms with Crippen molar-refractivity contribution in [1.29, 1.82) is 0 Å². The summed E-state index contributed by atoms with van der Waals surface area (Å²) in [5, 5.41) is 12.0. The molecule has 0 aromatic carbocycles. The van der Waals surface area contributed by atoms with Gasteiger partial charge in [-0.1, -0.05) is 20.8 Å². The predicted octanol–water partition coefficient (Wildman–Crippen LogP) is 1.45. The van der Waals surface area contributed by atoms with Gasteiger partial charge in [-0.3, -0.25) is 9.59 Å². The van der Waals surface area contributed by atoms with Gasteiger partial charge in [0.15, 0.2) is 12.1 Å². The van der Waals surface area contributed by atoms with Crippen molar-refractivity contribution in [2.24, 2.45) is 10.9 Å². The fourth-order valence-corrected chi connectivity index (χ4v) is 2.34. The topological polar surface area (TPSA) is 109 Å². The Bertz CT molecular complexity index is 724. The number of carbonyl (C=O) groups excluding carboxylic acids is 2. The lowest BCUT2D eigenvalue weighted by Gasteiger charge is -2.21. The second-order valence-corrected chi connectivity index (χ2v) is 5.91. The molecule has 0 aliphatic carbocycles. The van der Waals surface area contributed by atoms with Crippen LogP contribution in [0.2, 0.25) is 0 Å². The first-order chi connectivity index (χ1) is 10.7. The number of aromatic nitrogens is 1. The Balaban J connectivity index is 2.66. The number of pyridine rings is 1. The maximum Gasteiger partial charge on any atom is 0.338 e. The van der Waals surface area contributed by atoms with Crippen LogP contribution in [-0.4, -0.2) is 39.6 Å². The quantitative estimate of drug-likeness (QED) is 0.799. The molecule has 0 fully saturated rings. The van der Waals surface area contributed by atoms with Gasteiger partial charge in [0, 0.05) is 5.56 Å². The zero-order valence-electron chi connectivity index (χ0n) is 13.5. The lowest BCUT2D eigenvalue weighted by atomic mass is 9.89. The number of carboxylic acid groups (broad SMARTS) is 1. The molecule has 2 rings (SSSR count). The molecular weight excluding hydrogens is 298 g/mol. The molecule has 122 valence electrons. The van der Waals surface area contributed by atoms with Gasteiger partial charge in [0.25, 0.3) is 5.91 Å². The van der Waals surface area contributed by atoms with E-state index >= 15 is 0 Å². The fourth-order valence-electron chi connectivity index (χ4n) is 2.34. The third kappa shape index (κ3) is 2.74. The highest BCUT2D eigenvalue weighted by Gasteiger charge is 2.43. The number of hydrogen-bond acceptors (Lipinski definition) is 5. The number of aryl methyl sites for hydroxylation is 1. The van der Waals surface area contributed by atoms with Crippen LogP contribution in [-0.2, 0) is 11.2 Å². The van der Waals surface area contributed by atoms with Gasteiger partial charge < -0.3 is 10.4 Å². The summed E-state index contributed by atoms with van der Waals surface area (Å²) in [4.78, 5) is 43.5. The second kappa shape index (κ2) is 5.91. The van der Waals surface area contributed by atoms with Gasteiger partial charge >= 0.3 is 5.97 Å². The molecular formula is C16H19N3O4. The Morgan fingerprint density at radius 3 is 2.57 bits per heavy atom. The van der Waals surface area contributed by atoms with E-state index in [0.29, 0.717) is 18.4 Å². The standard InChI is InChI=1S/C16H19N3O4/c1-5-11-9(7-20)6-10(14(21)22)12(17-11)13-18-15(23)16(4,19-13)8(2)3/h6-8H,5H2,1-4H3,(H,21,22)(H,18,19,23). The number of aromatic carboxylic acids is 1. The van der Waals surface area contributed by atoms with Crippen LogP contribution >= 0.6 is 0 Å². The van der Waals surface area contributed by atoms with Crippen LogP contribution in [0.1, 0.15) is 59.8 Å². The van der Waals surface area contributed by atoms with Gasteiger partial charge in [-0.2, -0.15) is 0 Å². The monoisotopic (exact) mass is 317 g/mol. The summed E-state index contributed by atoms with van der Waals surface area (Å²) in [5.41, 5.74) is -0.350. The minimum atomic E-state index is -1.23. The van der Waals surface area contributed by atoms with E-state index < -0.39 is 11.5 Å². The highest BCUT2D eigenvalue weighted by atomic mass is 16.4. The largest absolute Gasteiger partial charge is 0.478 e. The van der Waals surface area contributed by atoms with Crippen molar-refractivity contribution in [3.8, 4) is 0 Å². The fraction of sp³-hybridized carbons (Fsp3) is 0.438. The lowest BCUT2D eigenvalue weighted by Crippen LogP contribution is -2.41. The summed E-state index contributed by atoms with van der Waals surface area (Å²) in [6.45, 7) is 7.24. The molecule has 0 saturated heterocycles. The average molecular weight is 317 g/mol. The minimum Gasteiger partial charge on any atom is -0.478 e. The number of aliphatic imine (C=N–C) groups is 1. The molecule has 1 aromatic rings. The number of rotatable bonds is 5. The maximum atomic E-state index is 12.2. The van der Waals surface area contributed by atoms with Crippen molar-refractivity contribution in [3.63, 3.8) is 0 Å². The van der Waals surface area contributed by atoms with Gasteiger partial charge in [0.1, 0.15) is 11.2 Å². The lowest BCUT2D eigenvalue weighted by molar-refractivity contribution is -0.124. The van der Waals surface area contributed by atoms with E-state index in [1.165, 1.54) is 6.07 Å². The number of amidine groups is 1. The summed E-state index contributed by atoms with van der Waals surface area (Å²) >= 11 is 0. The molecule has 1 aliphatic heterocycles. The number of carbonyl (C=O) groups is 3. The second-order valence-electron chi connectivity index (χ2n) is 5.91. The highest BCUT2D eigenvalue weighted by Crippen LogP contribution is 2.27. The van der Waals surface area contributed by atoms with Crippen molar-refractivity contribution in [2.75, 3.05) is 0 Å². The highest BCUT2D eigenvalue weighted by molar-refractivity contribution is 6.17. The van der Waals surface area contributed by atoms with Crippen LogP contribution in [0, 0.1) is 5.92 Å². The summed E-state index contributed by atoms with van der Waals surface area (Å²) in [5.74, 6) is -1.45. The Labute approximate surface area is 133 Å². The molecule has 7 heteroatoms. The minimum absolute atomic E-state index is 0.0619. The van der Waals surface area contributed by atoms with E-state index in [1.807, 2.05) is 20.8 Å². The smallest absolute Gasteiger partial charge is 0.338 e. The first-order valence-corrected chi connectivity index (χ1v) is 7.38. The molecule has 23 heavy (non-hydrogen) atoms. The average Bonchev–Trinajstić information content (AvgIpc) is 2.82. The molecule has 2 N–H and O–H groups in total. The summed E-state index contributed by atoms with van der Waals surface area (Å²) in [7, 11) is 0.